The number of aromatic nitrogens is 2. The van der Waals surface area contributed by atoms with E-state index in [2.05, 4.69) is 20.6 Å². The van der Waals surface area contributed by atoms with Gasteiger partial charge in [0.1, 0.15) is 17.3 Å². The summed E-state index contributed by atoms with van der Waals surface area (Å²) in [6.07, 6.45) is 3.20. The molecule has 0 unspecified atom stereocenters. The smallest absolute Gasteiger partial charge is 0.274 e. The van der Waals surface area contributed by atoms with Gasteiger partial charge in [0, 0.05) is 12.3 Å². The number of hydrogen-bond donors (Lipinski definition) is 2. The first-order valence-electron chi connectivity index (χ1n) is 7.48. The summed E-state index contributed by atoms with van der Waals surface area (Å²) in [4.78, 5) is 20.3. The van der Waals surface area contributed by atoms with Gasteiger partial charge in [-0.05, 0) is 36.4 Å². The largest absolute Gasteiger partial charge is 0.378 e. The topological polar surface area (TPSA) is 66.9 Å². The van der Waals surface area contributed by atoms with Crippen molar-refractivity contribution in [2.24, 2.45) is 0 Å². The Bertz CT molecular complexity index is 870. The zero-order valence-corrected chi connectivity index (χ0v) is 13.0. The Kier molecular flexibility index (Phi) is 4.94. The van der Waals surface area contributed by atoms with E-state index < -0.39 is 17.5 Å². The van der Waals surface area contributed by atoms with Crippen molar-refractivity contribution in [3.63, 3.8) is 0 Å². The standard InChI is InChI=1S/C18H14F2N4O/c19-12-4-6-16(15(20)9-12)24-18(25)17-7-5-14(11-23-17)22-10-13-3-1-2-8-21-13/h1-9,11,22H,10H2,(H,24,25). The van der Waals surface area contributed by atoms with Crippen molar-refractivity contribution in [1.82, 2.24) is 9.97 Å². The number of pyridine rings is 2. The lowest BCUT2D eigenvalue weighted by atomic mass is 10.2. The average Bonchev–Trinajstić information content (AvgIpc) is 2.63. The Hall–Kier alpha value is -3.35. The number of benzene rings is 1. The predicted molar refractivity (Wildman–Crippen MR) is 90.1 cm³/mol. The summed E-state index contributed by atoms with van der Waals surface area (Å²) in [5, 5.41) is 5.49. The minimum Gasteiger partial charge on any atom is -0.378 e. The number of halogens is 2. The summed E-state index contributed by atoms with van der Waals surface area (Å²) in [5.74, 6) is -2.14. The second kappa shape index (κ2) is 7.48. The molecule has 0 radical (unpaired) electrons. The lowest BCUT2D eigenvalue weighted by molar-refractivity contribution is 0.102. The maximum Gasteiger partial charge on any atom is 0.274 e. The fraction of sp³-hybridized carbons (Fsp3) is 0.0556. The molecule has 3 rings (SSSR count). The van der Waals surface area contributed by atoms with E-state index in [0.717, 1.165) is 23.5 Å². The third-order valence-electron chi connectivity index (χ3n) is 3.38. The van der Waals surface area contributed by atoms with Crippen molar-refractivity contribution in [3.05, 3.63) is 83.9 Å². The highest BCUT2D eigenvalue weighted by molar-refractivity contribution is 6.03. The van der Waals surface area contributed by atoms with E-state index >= 15 is 0 Å². The van der Waals surface area contributed by atoms with Gasteiger partial charge in [-0.3, -0.25) is 9.78 Å². The van der Waals surface area contributed by atoms with Gasteiger partial charge in [0.05, 0.1) is 29.8 Å². The molecule has 0 aliphatic carbocycles. The number of carbonyl (C=O) groups is 1. The van der Waals surface area contributed by atoms with Crippen molar-refractivity contribution in [1.29, 1.82) is 0 Å². The van der Waals surface area contributed by atoms with Crippen LogP contribution in [0.15, 0.2) is 60.9 Å². The van der Waals surface area contributed by atoms with E-state index in [9.17, 15) is 13.6 Å². The van der Waals surface area contributed by atoms with Crippen LogP contribution < -0.4 is 10.6 Å². The second-order valence-electron chi connectivity index (χ2n) is 5.19. The number of nitrogens with zero attached hydrogens (tertiary/aromatic N) is 2. The summed E-state index contributed by atoms with van der Waals surface area (Å²) in [6.45, 7) is 0.523. The van der Waals surface area contributed by atoms with Crippen LogP contribution in [0, 0.1) is 11.6 Å². The molecule has 25 heavy (non-hydrogen) atoms. The maximum atomic E-state index is 13.6. The minimum absolute atomic E-state index is 0.106. The Balaban J connectivity index is 1.62. The van der Waals surface area contributed by atoms with Gasteiger partial charge in [-0.15, -0.1) is 0 Å². The van der Waals surface area contributed by atoms with Crippen LogP contribution >= 0.6 is 0 Å². The molecular weight excluding hydrogens is 326 g/mol. The molecule has 5 nitrogen and oxygen atoms in total. The molecule has 0 spiro atoms. The monoisotopic (exact) mass is 340 g/mol. The molecule has 126 valence electrons. The van der Waals surface area contributed by atoms with Crippen LogP contribution in [0.5, 0.6) is 0 Å². The van der Waals surface area contributed by atoms with Crippen LogP contribution in [-0.4, -0.2) is 15.9 Å². The van der Waals surface area contributed by atoms with Crippen LogP contribution in [0.2, 0.25) is 0 Å². The number of carbonyl (C=O) groups excluding carboxylic acids is 1. The van der Waals surface area contributed by atoms with Crippen LogP contribution in [0.25, 0.3) is 0 Å². The molecule has 0 atom stereocenters. The first-order valence-corrected chi connectivity index (χ1v) is 7.48. The third-order valence-corrected chi connectivity index (χ3v) is 3.38. The number of hydrogen-bond acceptors (Lipinski definition) is 4. The molecule has 0 saturated heterocycles. The van der Waals surface area contributed by atoms with Gasteiger partial charge in [-0.25, -0.2) is 13.8 Å². The molecule has 0 saturated carbocycles. The lowest BCUT2D eigenvalue weighted by Crippen LogP contribution is -2.14. The predicted octanol–water partition coefficient (Wildman–Crippen LogP) is 3.62. The normalized spacial score (nSPS) is 10.3. The summed E-state index contributed by atoms with van der Waals surface area (Å²) < 4.78 is 26.4. The number of anilines is 2. The van der Waals surface area contributed by atoms with E-state index in [4.69, 9.17) is 0 Å². The van der Waals surface area contributed by atoms with Crippen molar-refractivity contribution >= 4 is 17.3 Å². The highest BCUT2D eigenvalue weighted by Crippen LogP contribution is 2.16. The quantitative estimate of drug-likeness (QED) is 0.744. The van der Waals surface area contributed by atoms with Crippen LogP contribution in [-0.2, 0) is 6.54 Å². The second-order valence-corrected chi connectivity index (χ2v) is 5.19. The Labute approximate surface area is 142 Å². The van der Waals surface area contributed by atoms with Gasteiger partial charge < -0.3 is 10.6 Å². The third kappa shape index (κ3) is 4.35. The molecule has 1 amide bonds. The summed E-state index contributed by atoms with van der Waals surface area (Å²) in [7, 11) is 0. The van der Waals surface area contributed by atoms with E-state index in [-0.39, 0.29) is 11.4 Å². The van der Waals surface area contributed by atoms with Gasteiger partial charge in [-0.1, -0.05) is 6.07 Å². The molecule has 0 bridgehead atoms. The zero-order valence-electron chi connectivity index (χ0n) is 13.0. The van der Waals surface area contributed by atoms with Crippen LogP contribution in [0.3, 0.4) is 0 Å². The summed E-state index contributed by atoms with van der Waals surface area (Å²) in [6, 6.07) is 11.7. The molecule has 7 heteroatoms. The van der Waals surface area contributed by atoms with Gasteiger partial charge in [0.15, 0.2) is 0 Å². The molecule has 2 heterocycles. The number of rotatable bonds is 5. The first kappa shape index (κ1) is 16.5. The SMILES string of the molecule is O=C(Nc1ccc(F)cc1F)c1ccc(NCc2ccccn2)cn1. The maximum absolute atomic E-state index is 13.6. The van der Waals surface area contributed by atoms with Gasteiger partial charge >= 0.3 is 0 Å². The lowest BCUT2D eigenvalue weighted by Gasteiger charge is -2.08. The van der Waals surface area contributed by atoms with Crippen LogP contribution in [0.1, 0.15) is 16.2 Å². The van der Waals surface area contributed by atoms with E-state index in [1.807, 2.05) is 18.2 Å². The molecule has 0 aliphatic rings. The molecule has 0 fully saturated rings. The fourth-order valence-electron chi connectivity index (χ4n) is 2.11. The van der Waals surface area contributed by atoms with Crippen LogP contribution in [0.4, 0.5) is 20.2 Å². The van der Waals surface area contributed by atoms with E-state index in [1.54, 1.807) is 12.3 Å². The van der Waals surface area contributed by atoms with Crippen molar-refractivity contribution in [3.8, 4) is 0 Å². The molecular formula is C18H14F2N4O. The zero-order chi connectivity index (χ0) is 17.6. The van der Waals surface area contributed by atoms with Crippen molar-refractivity contribution in [2.75, 3.05) is 10.6 Å². The molecule has 2 aromatic heterocycles. The first-order chi connectivity index (χ1) is 12.1. The average molecular weight is 340 g/mol. The molecule has 3 aromatic rings. The fourth-order valence-corrected chi connectivity index (χ4v) is 2.11. The highest BCUT2D eigenvalue weighted by atomic mass is 19.1. The highest BCUT2D eigenvalue weighted by Gasteiger charge is 2.11. The molecule has 2 N–H and O–H groups in total. The Morgan fingerprint density at radius 2 is 1.92 bits per heavy atom. The van der Waals surface area contributed by atoms with E-state index in [0.29, 0.717) is 12.6 Å². The Morgan fingerprint density at radius 1 is 1.04 bits per heavy atom. The molecule has 1 aromatic carbocycles. The minimum atomic E-state index is -0.845. The number of amides is 1. The van der Waals surface area contributed by atoms with Gasteiger partial charge in [0.2, 0.25) is 0 Å². The number of nitrogens with one attached hydrogen (secondary N) is 2. The van der Waals surface area contributed by atoms with Gasteiger partial charge in [-0.2, -0.15) is 0 Å². The summed E-state index contributed by atoms with van der Waals surface area (Å²) in [5.41, 5.74) is 1.60. The molecule has 0 aliphatic heterocycles. The van der Waals surface area contributed by atoms with Gasteiger partial charge in [0.25, 0.3) is 5.91 Å². The van der Waals surface area contributed by atoms with E-state index in [1.165, 1.54) is 12.3 Å². The summed E-state index contributed by atoms with van der Waals surface area (Å²) >= 11 is 0. The van der Waals surface area contributed by atoms with Crippen molar-refractivity contribution in [2.45, 2.75) is 6.54 Å². The Morgan fingerprint density at radius 3 is 2.60 bits per heavy atom. The van der Waals surface area contributed by atoms with Crippen molar-refractivity contribution < 1.29 is 13.6 Å².